The monoisotopic (exact) mass is 371 g/mol. The number of aliphatic hydroxyl groups excluding tert-OH is 1. The zero-order valence-corrected chi connectivity index (χ0v) is 15.0. The molecule has 142 valence electrons. The van der Waals surface area contributed by atoms with Crippen molar-refractivity contribution in [2.45, 2.75) is 32.1 Å². The molecule has 8 heteroatoms. The van der Waals surface area contributed by atoms with E-state index in [0.717, 1.165) is 37.3 Å². The predicted octanol–water partition coefficient (Wildman–Crippen LogP) is 2.14. The molecule has 1 N–H and O–H groups in total. The van der Waals surface area contributed by atoms with E-state index in [1.165, 1.54) is 12.4 Å². The van der Waals surface area contributed by atoms with E-state index in [2.05, 4.69) is 19.9 Å². The van der Waals surface area contributed by atoms with Crippen LogP contribution in [-0.4, -0.2) is 50.4 Å². The number of aromatic nitrogens is 4. The first-order valence-corrected chi connectivity index (χ1v) is 9.12. The van der Waals surface area contributed by atoms with Crippen LogP contribution in [-0.2, 0) is 17.9 Å². The third-order valence-corrected chi connectivity index (χ3v) is 4.72. The number of imidazole rings is 1. The van der Waals surface area contributed by atoms with Gasteiger partial charge in [0.15, 0.2) is 17.0 Å². The van der Waals surface area contributed by atoms with Crippen molar-refractivity contribution in [3.63, 3.8) is 0 Å². The quantitative estimate of drug-likeness (QED) is 0.686. The maximum Gasteiger partial charge on any atom is 0.165 e. The lowest BCUT2D eigenvalue weighted by Crippen LogP contribution is -2.22. The Morgan fingerprint density at radius 3 is 2.78 bits per heavy atom. The highest BCUT2D eigenvalue weighted by Crippen LogP contribution is 2.24. The van der Waals surface area contributed by atoms with E-state index >= 15 is 0 Å². The third-order valence-electron chi connectivity index (χ3n) is 4.72. The number of nitrogens with zero attached hydrogens (tertiary/aromatic N) is 5. The third kappa shape index (κ3) is 3.91. The minimum Gasteiger partial charge on any atom is -0.389 e. The van der Waals surface area contributed by atoms with Crippen LogP contribution < -0.4 is 4.90 Å². The molecule has 27 heavy (non-hydrogen) atoms. The number of rotatable bonds is 7. The molecular formula is C19H22FN5O2. The largest absolute Gasteiger partial charge is 0.389 e. The number of hydrogen-bond acceptors (Lipinski definition) is 6. The second-order valence-corrected chi connectivity index (χ2v) is 6.72. The van der Waals surface area contributed by atoms with Crippen LogP contribution in [0, 0.1) is 5.82 Å². The Morgan fingerprint density at radius 2 is 1.96 bits per heavy atom. The highest BCUT2D eigenvalue weighted by Gasteiger charge is 2.19. The van der Waals surface area contributed by atoms with E-state index < -0.39 is 6.10 Å². The van der Waals surface area contributed by atoms with Gasteiger partial charge in [0.2, 0.25) is 0 Å². The molecule has 0 aliphatic carbocycles. The number of halogens is 1. The zero-order valence-electron chi connectivity index (χ0n) is 15.0. The predicted molar refractivity (Wildman–Crippen MR) is 98.8 cm³/mol. The standard InChI is InChI=1S/C19H22FN5O2/c20-16-6-2-1-5-14(16)10-27-11-15(26)9-25-13-23-17-18(21-12-22-19(17)25)24-7-3-4-8-24/h1-2,5-6,12-13,15,26H,3-4,7-11H2/t15-/m1/s1. The Hall–Kier alpha value is -2.58. The Morgan fingerprint density at radius 1 is 1.15 bits per heavy atom. The van der Waals surface area contributed by atoms with Crippen LogP contribution in [0.4, 0.5) is 10.2 Å². The van der Waals surface area contributed by atoms with Crippen molar-refractivity contribution >= 4 is 17.0 Å². The number of benzene rings is 1. The van der Waals surface area contributed by atoms with E-state index in [9.17, 15) is 9.50 Å². The SMILES string of the molecule is O[C@@H](COCc1ccccc1F)Cn1cnc2c(N3CCCC3)ncnc21. The van der Waals surface area contributed by atoms with E-state index in [0.29, 0.717) is 17.8 Å². The summed E-state index contributed by atoms with van der Waals surface area (Å²) in [7, 11) is 0. The molecular weight excluding hydrogens is 349 g/mol. The fraction of sp³-hybridized carbons (Fsp3) is 0.421. The first kappa shape index (κ1) is 17.8. The van der Waals surface area contributed by atoms with Gasteiger partial charge in [-0.25, -0.2) is 19.3 Å². The molecule has 1 aliphatic heterocycles. The van der Waals surface area contributed by atoms with Crippen molar-refractivity contribution in [1.29, 1.82) is 0 Å². The summed E-state index contributed by atoms with van der Waals surface area (Å²) >= 11 is 0. The van der Waals surface area contributed by atoms with Gasteiger partial charge in [-0.2, -0.15) is 0 Å². The first-order chi connectivity index (χ1) is 13.2. The van der Waals surface area contributed by atoms with Gasteiger partial charge in [0, 0.05) is 18.7 Å². The molecule has 4 rings (SSSR count). The van der Waals surface area contributed by atoms with Crippen molar-refractivity contribution < 1.29 is 14.2 Å². The van der Waals surface area contributed by atoms with Gasteiger partial charge in [-0.3, -0.25) is 0 Å². The molecule has 1 saturated heterocycles. The Balaban J connectivity index is 1.39. The average Bonchev–Trinajstić information content (AvgIpc) is 3.34. The van der Waals surface area contributed by atoms with Crippen molar-refractivity contribution in [3.8, 4) is 0 Å². The van der Waals surface area contributed by atoms with Gasteiger partial charge in [0.25, 0.3) is 0 Å². The molecule has 1 fully saturated rings. The molecule has 0 saturated carbocycles. The Kier molecular flexibility index (Phi) is 5.26. The summed E-state index contributed by atoms with van der Waals surface area (Å²) in [5.74, 6) is 0.542. The fourth-order valence-electron chi connectivity index (χ4n) is 3.36. The van der Waals surface area contributed by atoms with Crippen LogP contribution in [0.2, 0.25) is 0 Å². The molecule has 0 spiro atoms. The lowest BCUT2D eigenvalue weighted by atomic mass is 10.2. The molecule has 0 amide bonds. The van der Waals surface area contributed by atoms with Crippen molar-refractivity contribution in [3.05, 3.63) is 48.3 Å². The van der Waals surface area contributed by atoms with Crippen LogP contribution in [0.25, 0.3) is 11.2 Å². The molecule has 3 heterocycles. The van der Waals surface area contributed by atoms with E-state index in [1.807, 2.05) is 0 Å². The highest BCUT2D eigenvalue weighted by atomic mass is 19.1. The number of ether oxygens (including phenoxy) is 1. The van der Waals surface area contributed by atoms with Crippen molar-refractivity contribution in [2.75, 3.05) is 24.6 Å². The lowest BCUT2D eigenvalue weighted by molar-refractivity contribution is 0.0199. The summed E-state index contributed by atoms with van der Waals surface area (Å²) in [6.45, 7) is 2.47. The van der Waals surface area contributed by atoms with Crippen LogP contribution >= 0.6 is 0 Å². The minimum absolute atomic E-state index is 0.0953. The Bertz CT molecular complexity index is 910. The van der Waals surface area contributed by atoms with Gasteiger partial charge in [-0.15, -0.1) is 0 Å². The smallest absolute Gasteiger partial charge is 0.165 e. The van der Waals surface area contributed by atoms with Gasteiger partial charge in [-0.1, -0.05) is 18.2 Å². The maximum absolute atomic E-state index is 13.6. The van der Waals surface area contributed by atoms with E-state index in [1.54, 1.807) is 29.1 Å². The molecule has 1 aromatic carbocycles. The van der Waals surface area contributed by atoms with Crippen LogP contribution in [0.5, 0.6) is 0 Å². The molecule has 7 nitrogen and oxygen atoms in total. The second kappa shape index (κ2) is 7.98. The molecule has 1 atom stereocenters. The molecule has 3 aromatic rings. The number of fused-ring (bicyclic) bond motifs is 1. The molecule has 0 unspecified atom stereocenters. The van der Waals surface area contributed by atoms with Gasteiger partial charge >= 0.3 is 0 Å². The lowest BCUT2D eigenvalue weighted by Gasteiger charge is -2.16. The van der Waals surface area contributed by atoms with Gasteiger partial charge in [-0.05, 0) is 18.9 Å². The zero-order chi connectivity index (χ0) is 18.6. The summed E-state index contributed by atoms with van der Waals surface area (Å²) in [6.07, 6.45) is 4.77. The molecule has 2 aromatic heterocycles. The van der Waals surface area contributed by atoms with Gasteiger partial charge < -0.3 is 19.3 Å². The van der Waals surface area contributed by atoms with Crippen LogP contribution in [0.15, 0.2) is 36.9 Å². The summed E-state index contributed by atoms with van der Waals surface area (Å²) in [6, 6.07) is 6.45. The fourth-order valence-corrected chi connectivity index (χ4v) is 3.36. The molecule has 1 aliphatic rings. The summed E-state index contributed by atoms with van der Waals surface area (Å²) < 4.78 is 20.8. The van der Waals surface area contributed by atoms with Crippen LogP contribution in [0.1, 0.15) is 18.4 Å². The van der Waals surface area contributed by atoms with E-state index in [4.69, 9.17) is 4.74 Å². The summed E-state index contributed by atoms with van der Waals surface area (Å²) in [5, 5.41) is 10.3. The van der Waals surface area contributed by atoms with Gasteiger partial charge in [0.05, 0.1) is 32.2 Å². The van der Waals surface area contributed by atoms with E-state index in [-0.39, 0.29) is 19.0 Å². The average molecular weight is 371 g/mol. The van der Waals surface area contributed by atoms with Crippen molar-refractivity contribution in [1.82, 2.24) is 19.5 Å². The highest BCUT2D eigenvalue weighted by molar-refractivity contribution is 5.83. The Labute approximate surface area is 156 Å². The van der Waals surface area contributed by atoms with Crippen molar-refractivity contribution in [2.24, 2.45) is 0 Å². The number of anilines is 1. The van der Waals surface area contributed by atoms with Crippen LogP contribution in [0.3, 0.4) is 0 Å². The first-order valence-electron chi connectivity index (χ1n) is 9.12. The summed E-state index contributed by atoms with van der Waals surface area (Å²) in [4.78, 5) is 15.4. The van der Waals surface area contributed by atoms with Gasteiger partial charge in [0.1, 0.15) is 12.1 Å². The minimum atomic E-state index is -0.751. The normalized spacial score (nSPS) is 15.6. The molecule has 0 radical (unpaired) electrons. The maximum atomic E-state index is 13.6. The molecule has 0 bridgehead atoms. The topological polar surface area (TPSA) is 76.3 Å². The summed E-state index contributed by atoms with van der Waals surface area (Å²) in [5.41, 5.74) is 1.92. The number of aliphatic hydroxyl groups is 1. The number of hydrogen-bond donors (Lipinski definition) is 1. The second-order valence-electron chi connectivity index (χ2n) is 6.72.